The molecule has 0 spiro atoms. The molecule has 164 valence electrons. The minimum absolute atomic E-state index is 0.0657. The molecule has 3 aliphatic heterocycles. The largest absolute Gasteiger partial charge is 0.381 e. The number of nitriles is 1. The molecule has 8 nitrogen and oxygen atoms in total. The van der Waals surface area contributed by atoms with E-state index < -0.39 is 0 Å². The Labute approximate surface area is 182 Å². The Hall–Kier alpha value is -2.40. The predicted molar refractivity (Wildman–Crippen MR) is 112 cm³/mol. The van der Waals surface area contributed by atoms with Crippen LogP contribution in [-0.4, -0.2) is 58.3 Å². The average molecular weight is 424 g/mol. The van der Waals surface area contributed by atoms with Gasteiger partial charge in [0.05, 0.1) is 12.1 Å². The summed E-state index contributed by atoms with van der Waals surface area (Å²) in [7, 11) is 0. The van der Waals surface area contributed by atoms with Crippen LogP contribution in [0.2, 0.25) is 0 Å². The van der Waals surface area contributed by atoms with Gasteiger partial charge in [-0.3, -0.25) is 14.5 Å². The summed E-state index contributed by atoms with van der Waals surface area (Å²) in [5.41, 5.74) is 1.47. The fourth-order valence-corrected chi connectivity index (χ4v) is 6.12. The van der Waals surface area contributed by atoms with E-state index in [0.29, 0.717) is 43.7 Å². The van der Waals surface area contributed by atoms with Crippen molar-refractivity contribution in [3.63, 3.8) is 0 Å². The van der Waals surface area contributed by atoms with Crippen molar-refractivity contribution in [2.45, 2.75) is 75.9 Å². The van der Waals surface area contributed by atoms with Gasteiger partial charge in [-0.2, -0.15) is 10.4 Å². The van der Waals surface area contributed by atoms with Crippen LogP contribution in [0.1, 0.15) is 79.9 Å². The first-order valence-corrected chi connectivity index (χ1v) is 11.8. The number of ether oxygens (including phenoxy) is 1. The molecule has 0 bridgehead atoms. The number of piperidine rings is 1. The molecule has 0 unspecified atom stereocenters. The molecule has 4 atom stereocenters. The second-order valence-electron chi connectivity index (χ2n) is 9.82. The van der Waals surface area contributed by atoms with Crippen LogP contribution in [0.25, 0.3) is 0 Å². The van der Waals surface area contributed by atoms with E-state index in [1.807, 2.05) is 16.5 Å². The van der Waals surface area contributed by atoms with Crippen molar-refractivity contribution in [1.82, 2.24) is 14.7 Å². The van der Waals surface area contributed by atoms with Crippen LogP contribution < -0.4 is 4.90 Å². The predicted octanol–water partition coefficient (Wildman–Crippen LogP) is 2.61. The van der Waals surface area contributed by atoms with E-state index in [1.165, 1.54) is 0 Å². The van der Waals surface area contributed by atoms with Gasteiger partial charge in [0.2, 0.25) is 5.91 Å². The van der Waals surface area contributed by atoms with Gasteiger partial charge < -0.3 is 9.64 Å². The highest BCUT2D eigenvalue weighted by Gasteiger charge is 2.56. The van der Waals surface area contributed by atoms with Crippen molar-refractivity contribution in [2.24, 2.45) is 11.8 Å². The van der Waals surface area contributed by atoms with Crippen LogP contribution >= 0.6 is 0 Å². The van der Waals surface area contributed by atoms with E-state index in [-0.39, 0.29) is 35.9 Å². The number of hydrogen-bond donors (Lipinski definition) is 0. The molecule has 5 aliphatic rings. The number of fused-ring (bicyclic) bond motifs is 2. The van der Waals surface area contributed by atoms with Crippen molar-refractivity contribution in [2.75, 3.05) is 24.7 Å². The molecule has 0 N–H and O–H groups in total. The first kappa shape index (κ1) is 19.3. The van der Waals surface area contributed by atoms with Gasteiger partial charge in [0.15, 0.2) is 5.69 Å². The number of hydrogen-bond acceptors (Lipinski definition) is 5. The maximum absolute atomic E-state index is 13.9. The van der Waals surface area contributed by atoms with Crippen molar-refractivity contribution < 1.29 is 14.3 Å². The van der Waals surface area contributed by atoms with Crippen LogP contribution in [0.4, 0.5) is 5.82 Å². The third-order valence-electron chi connectivity index (χ3n) is 7.98. The highest BCUT2D eigenvalue weighted by Crippen LogP contribution is 2.53. The lowest BCUT2D eigenvalue weighted by Gasteiger charge is -2.34. The van der Waals surface area contributed by atoms with Gasteiger partial charge >= 0.3 is 0 Å². The molecule has 8 heteroatoms. The molecule has 2 aliphatic carbocycles. The number of likely N-dealkylation sites (tertiary alicyclic amines) is 1. The zero-order valence-corrected chi connectivity index (χ0v) is 18.0. The molecule has 0 aromatic carbocycles. The number of carbonyl (C=O) groups excluding carboxylic acids is 2. The summed E-state index contributed by atoms with van der Waals surface area (Å²) < 4.78 is 7.53. The third-order valence-corrected chi connectivity index (χ3v) is 7.98. The molecule has 0 radical (unpaired) electrons. The molecular weight excluding hydrogens is 394 g/mol. The Morgan fingerprint density at radius 2 is 1.97 bits per heavy atom. The number of amides is 2. The van der Waals surface area contributed by atoms with Gasteiger partial charge in [0.1, 0.15) is 11.9 Å². The Morgan fingerprint density at radius 3 is 2.65 bits per heavy atom. The normalized spacial score (nSPS) is 32.6. The first-order chi connectivity index (χ1) is 15.1. The molecular formula is C23H29N5O3. The van der Waals surface area contributed by atoms with Crippen molar-refractivity contribution in [3.8, 4) is 6.07 Å². The molecule has 2 saturated carbocycles. The van der Waals surface area contributed by atoms with Gasteiger partial charge in [-0.05, 0) is 57.3 Å². The van der Waals surface area contributed by atoms with Crippen LogP contribution in [0.5, 0.6) is 0 Å². The van der Waals surface area contributed by atoms with Gasteiger partial charge in [-0.25, -0.2) is 4.68 Å². The summed E-state index contributed by atoms with van der Waals surface area (Å²) in [5.74, 6) is 1.86. The summed E-state index contributed by atoms with van der Waals surface area (Å²) in [6.07, 6.45) is 6.11. The second kappa shape index (κ2) is 7.06. The van der Waals surface area contributed by atoms with Crippen molar-refractivity contribution >= 4 is 17.6 Å². The highest BCUT2D eigenvalue weighted by molar-refractivity contribution is 6.02. The van der Waals surface area contributed by atoms with E-state index in [4.69, 9.17) is 9.84 Å². The smallest absolute Gasteiger partial charge is 0.276 e. The number of nitrogens with zero attached hydrogens (tertiary/aromatic N) is 5. The summed E-state index contributed by atoms with van der Waals surface area (Å²) in [4.78, 5) is 30.6. The lowest BCUT2D eigenvalue weighted by molar-refractivity contribution is -0.119. The molecule has 31 heavy (non-hydrogen) atoms. The fourth-order valence-electron chi connectivity index (χ4n) is 6.12. The van der Waals surface area contributed by atoms with E-state index >= 15 is 0 Å². The molecule has 4 fully saturated rings. The summed E-state index contributed by atoms with van der Waals surface area (Å²) in [6.45, 7) is 3.89. The first-order valence-electron chi connectivity index (χ1n) is 11.8. The maximum atomic E-state index is 13.9. The zero-order chi connectivity index (χ0) is 21.3. The van der Waals surface area contributed by atoms with Crippen LogP contribution in [0, 0.1) is 23.2 Å². The molecule has 4 heterocycles. The van der Waals surface area contributed by atoms with Crippen LogP contribution in [-0.2, 0) is 9.53 Å². The van der Waals surface area contributed by atoms with E-state index in [0.717, 1.165) is 49.9 Å². The Morgan fingerprint density at radius 1 is 1.19 bits per heavy atom. The number of rotatable bonds is 4. The minimum Gasteiger partial charge on any atom is -0.381 e. The Kier molecular flexibility index (Phi) is 4.39. The molecule has 1 aromatic heterocycles. The van der Waals surface area contributed by atoms with E-state index in [9.17, 15) is 14.9 Å². The summed E-state index contributed by atoms with van der Waals surface area (Å²) in [6, 6.07) is 2.30. The van der Waals surface area contributed by atoms with Gasteiger partial charge in [-0.1, -0.05) is 0 Å². The molecule has 2 saturated heterocycles. The minimum atomic E-state index is -0.355. The Balaban J connectivity index is 1.49. The van der Waals surface area contributed by atoms with E-state index in [1.54, 1.807) is 4.90 Å². The lowest BCUT2D eigenvalue weighted by atomic mass is 9.86. The summed E-state index contributed by atoms with van der Waals surface area (Å²) >= 11 is 0. The fraction of sp³-hybridized carbons (Fsp3) is 0.739. The lowest BCUT2D eigenvalue weighted by Crippen LogP contribution is -2.40. The monoisotopic (exact) mass is 423 g/mol. The molecule has 6 rings (SSSR count). The number of aromatic nitrogens is 2. The van der Waals surface area contributed by atoms with Gasteiger partial charge in [-0.15, -0.1) is 0 Å². The Bertz CT molecular complexity index is 971. The zero-order valence-electron chi connectivity index (χ0n) is 18.0. The SMILES string of the molecule is CCN1C(=O)C[C@@H](C2CC2)c2c(C(=O)N3[C@H](C#N)C[C@H]4C[C@H]43)nn(C3CCOCC3)c21. The average Bonchev–Trinajstić information content (AvgIpc) is 3.71. The maximum Gasteiger partial charge on any atom is 0.276 e. The van der Waals surface area contributed by atoms with Crippen molar-refractivity contribution in [3.05, 3.63) is 11.3 Å². The van der Waals surface area contributed by atoms with Crippen molar-refractivity contribution in [1.29, 1.82) is 5.26 Å². The standard InChI is InChI=1S/C23H29N5O3/c1-2-26-19(29)11-17(13-3-4-13)20-21(23(30)27-16(12-24)9-14-10-18(14)27)25-28(22(20)26)15-5-7-31-8-6-15/h13-18H,2-11H2,1H3/t14-,16-,17-,18+/m0/s1. The number of carbonyl (C=O) groups is 2. The number of anilines is 1. The van der Waals surface area contributed by atoms with Crippen LogP contribution in [0.15, 0.2) is 0 Å². The highest BCUT2D eigenvalue weighted by atomic mass is 16.5. The van der Waals surface area contributed by atoms with E-state index in [2.05, 4.69) is 6.07 Å². The molecule has 1 aromatic rings. The topological polar surface area (TPSA) is 91.5 Å². The summed E-state index contributed by atoms with van der Waals surface area (Å²) in [5, 5.41) is 14.6. The van der Waals surface area contributed by atoms with Crippen LogP contribution in [0.3, 0.4) is 0 Å². The second-order valence-corrected chi connectivity index (χ2v) is 9.82. The quantitative estimate of drug-likeness (QED) is 0.742. The van der Waals surface area contributed by atoms with Gasteiger partial charge in [0.25, 0.3) is 5.91 Å². The third kappa shape index (κ3) is 2.93. The van der Waals surface area contributed by atoms with Gasteiger partial charge in [0, 0.05) is 43.7 Å². The molecule has 2 amide bonds.